The number of nitrogens with zero attached hydrogens (tertiary/aromatic N) is 2. The van der Waals surface area contributed by atoms with Crippen molar-refractivity contribution in [3.8, 4) is 5.88 Å². The van der Waals surface area contributed by atoms with Gasteiger partial charge in [0.25, 0.3) is 0 Å². The molecule has 1 aromatic rings. The van der Waals surface area contributed by atoms with E-state index in [9.17, 15) is 4.79 Å². The molecule has 3 atom stereocenters. The standard InChI is InChI=1S/C15H21N3O2/c1-8-14(16)11-7-17-13(20-3)6-12(11)18(9(2)19)15(8)10-4-5-10/h6-8,10,14-15H,4-5,16H2,1-3H3/t8-,14-,15-/m1/s1. The van der Waals surface area contributed by atoms with Crippen LogP contribution >= 0.6 is 0 Å². The van der Waals surface area contributed by atoms with Crippen LogP contribution in [0.5, 0.6) is 5.88 Å². The fraction of sp³-hybridized carbons (Fsp3) is 0.600. The number of amides is 1. The summed E-state index contributed by atoms with van der Waals surface area (Å²) in [7, 11) is 1.58. The molecule has 0 spiro atoms. The van der Waals surface area contributed by atoms with Gasteiger partial charge in [-0.15, -0.1) is 0 Å². The number of ether oxygens (including phenoxy) is 1. The number of aromatic nitrogens is 1. The van der Waals surface area contributed by atoms with Gasteiger partial charge < -0.3 is 15.4 Å². The Hall–Kier alpha value is -1.62. The first-order valence-corrected chi connectivity index (χ1v) is 7.14. The Bertz CT molecular complexity index is 542. The van der Waals surface area contributed by atoms with Crippen LogP contribution in [0.25, 0.3) is 0 Å². The second kappa shape index (κ2) is 4.74. The molecule has 1 saturated carbocycles. The summed E-state index contributed by atoms with van der Waals surface area (Å²) in [6, 6.07) is 1.95. The van der Waals surface area contributed by atoms with E-state index in [0.29, 0.717) is 11.8 Å². The van der Waals surface area contributed by atoms with Crippen molar-refractivity contribution in [3.05, 3.63) is 17.8 Å². The Morgan fingerprint density at radius 2 is 2.20 bits per heavy atom. The Morgan fingerprint density at radius 1 is 1.50 bits per heavy atom. The molecule has 0 radical (unpaired) electrons. The fourth-order valence-electron chi connectivity index (χ4n) is 3.36. The molecule has 5 heteroatoms. The van der Waals surface area contributed by atoms with Crippen molar-refractivity contribution < 1.29 is 9.53 Å². The summed E-state index contributed by atoms with van der Waals surface area (Å²) in [5.41, 5.74) is 8.18. The van der Waals surface area contributed by atoms with Gasteiger partial charge in [-0.2, -0.15) is 0 Å². The van der Waals surface area contributed by atoms with Gasteiger partial charge in [0.15, 0.2) is 0 Å². The van der Waals surface area contributed by atoms with E-state index in [4.69, 9.17) is 10.5 Å². The Morgan fingerprint density at radius 3 is 2.75 bits per heavy atom. The largest absolute Gasteiger partial charge is 0.481 e. The lowest BCUT2D eigenvalue weighted by atomic mass is 9.81. The average Bonchev–Trinajstić information content (AvgIpc) is 3.25. The van der Waals surface area contributed by atoms with E-state index in [1.165, 1.54) is 12.8 Å². The molecule has 2 N–H and O–H groups in total. The summed E-state index contributed by atoms with van der Waals surface area (Å²) in [6.07, 6.45) is 4.11. The maximum atomic E-state index is 12.2. The van der Waals surface area contributed by atoms with Gasteiger partial charge in [-0.05, 0) is 24.7 Å². The number of methoxy groups -OCH3 is 1. The number of hydrogen-bond acceptors (Lipinski definition) is 4. The van der Waals surface area contributed by atoms with Crippen LogP contribution in [0.15, 0.2) is 12.3 Å². The molecule has 0 unspecified atom stereocenters. The van der Waals surface area contributed by atoms with Crippen LogP contribution < -0.4 is 15.4 Å². The van der Waals surface area contributed by atoms with Gasteiger partial charge in [0.2, 0.25) is 11.8 Å². The minimum absolute atomic E-state index is 0.0650. The molecule has 108 valence electrons. The number of pyridine rings is 1. The number of fused-ring (bicyclic) bond motifs is 1. The number of carbonyl (C=O) groups is 1. The van der Waals surface area contributed by atoms with Crippen molar-refractivity contribution in [2.24, 2.45) is 17.6 Å². The first kappa shape index (κ1) is 13.4. The van der Waals surface area contributed by atoms with Gasteiger partial charge in [0.1, 0.15) is 0 Å². The van der Waals surface area contributed by atoms with E-state index < -0.39 is 0 Å². The normalized spacial score (nSPS) is 29.0. The molecule has 1 aliphatic heterocycles. The highest BCUT2D eigenvalue weighted by molar-refractivity contribution is 5.94. The summed E-state index contributed by atoms with van der Waals surface area (Å²) in [4.78, 5) is 18.3. The van der Waals surface area contributed by atoms with E-state index in [2.05, 4.69) is 11.9 Å². The smallest absolute Gasteiger partial charge is 0.224 e. The summed E-state index contributed by atoms with van der Waals surface area (Å²) in [5.74, 6) is 1.41. The zero-order valence-corrected chi connectivity index (χ0v) is 12.2. The maximum Gasteiger partial charge on any atom is 0.224 e. The first-order chi connectivity index (χ1) is 9.54. The van der Waals surface area contributed by atoms with Crippen molar-refractivity contribution in [1.82, 2.24) is 4.98 Å². The molecule has 3 rings (SSSR count). The predicted molar refractivity (Wildman–Crippen MR) is 76.6 cm³/mol. The van der Waals surface area contributed by atoms with Gasteiger partial charge in [0, 0.05) is 36.8 Å². The lowest BCUT2D eigenvalue weighted by Crippen LogP contribution is -2.51. The topological polar surface area (TPSA) is 68.5 Å². The van der Waals surface area contributed by atoms with E-state index >= 15 is 0 Å². The van der Waals surface area contributed by atoms with Crippen LogP contribution in [0.1, 0.15) is 38.3 Å². The summed E-state index contributed by atoms with van der Waals surface area (Å²) in [6.45, 7) is 3.76. The zero-order valence-electron chi connectivity index (χ0n) is 12.2. The number of hydrogen-bond donors (Lipinski definition) is 1. The second-order valence-electron chi connectivity index (χ2n) is 5.89. The molecule has 1 aromatic heterocycles. The lowest BCUT2D eigenvalue weighted by molar-refractivity contribution is -0.117. The molecule has 2 aliphatic rings. The lowest BCUT2D eigenvalue weighted by Gasteiger charge is -2.44. The van der Waals surface area contributed by atoms with E-state index in [-0.39, 0.29) is 23.9 Å². The monoisotopic (exact) mass is 275 g/mol. The number of rotatable bonds is 2. The van der Waals surface area contributed by atoms with Crippen LogP contribution in [0.4, 0.5) is 5.69 Å². The summed E-state index contributed by atoms with van der Waals surface area (Å²) >= 11 is 0. The van der Waals surface area contributed by atoms with Gasteiger partial charge in [0.05, 0.1) is 12.8 Å². The summed E-state index contributed by atoms with van der Waals surface area (Å²) in [5, 5.41) is 0. The quantitative estimate of drug-likeness (QED) is 0.894. The van der Waals surface area contributed by atoms with Crippen LogP contribution in [-0.2, 0) is 4.79 Å². The van der Waals surface area contributed by atoms with Gasteiger partial charge >= 0.3 is 0 Å². The Balaban J connectivity index is 2.12. The zero-order chi connectivity index (χ0) is 14.4. The third kappa shape index (κ3) is 1.97. The van der Waals surface area contributed by atoms with E-state index in [1.807, 2.05) is 11.0 Å². The molecule has 0 bridgehead atoms. The van der Waals surface area contributed by atoms with Crippen molar-refractivity contribution >= 4 is 11.6 Å². The Labute approximate surface area is 119 Å². The number of carbonyl (C=O) groups excluding carboxylic acids is 1. The minimum atomic E-state index is -0.0791. The van der Waals surface area contributed by atoms with Crippen molar-refractivity contribution in [2.75, 3.05) is 12.0 Å². The first-order valence-electron chi connectivity index (χ1n) is 7.14. The minimum Gasteiger partial charge on any atom is -0.481 e. The molecule has 0 saturated heterocycles. The number of anilines is 1. The molecule has 20 heavy (non-hydrogen) atoms. The third-order valence-electron chi connectivity index (χ3n) is 4.56. The van der Waals surface area contributed by atoms with Gasteiger partial charge in [-0.3, -0.25) is 4.79 Å². The van der Waals surface area contributed by atoms with Crippen molar-refractivity contribution in [2.45, 2.75) is 38.8 Å². The third-order valence-corrected chi connectivity index (χ3v) is 4.56. The molecule has 5 nitrogen and oxygen atoms in total. The maximum absolute atomic E-state index is 12.2. The van der Waals surface area contributed by atoms with Crippen molar-refractivity contribution in [3.63, 3.8) is 0 Å². The van der Waals surface area contributed by atoms with Crippen LogP contribution in [-0.4, -0.2) is 24.0 Å². The van der Waals surface area contributed by atoms with Crippen LogP contribution in [0, 0.1) is 11.8 Å². The molecule has 1 fully saturated rings. The number of nitrogens with two attached hydrogens (primary N) is 1. The van der Waals surface area contributed by atoms with E-state index in [1.54, 1.807) is 20.2 Å². The molecule has 1 amide bonds. The summed E-state index contributed by atoms with van der Waals surface area (Å²) < 4.78 is 5.19. The molecular formula is C15H21N3O2. The fourth-order valence-corrected chi connectivity index (χ4v) is 3.36. The average molecular weight is 275 g/mol. The second-order valence-corrected chi connectivity index (χ2v) is 5.89. The molecule has 2 heterocycles. The predicted octanol–water partition coefficient (Wildman–Crippen LogP) is 1.87. The molecular weight excluding hydrogens is 254 g/mol. The Kier molecular flexibility index (Phi) is 3.17. The molecule has 0 aromatic carbocycles. The van der Waals surface area contributed by atoms with Crippen molar-refractivity contribution in [1.29, 1.82) is 0 Å². The SMILES string of the molecule is COc1cc2c(cn1)[C@H](N)[C@@H](C)[C@H](C1CC1)N2C(C)=O. The van der Waals surface area contributed by atoms with E-state index in [0.717, 1.165) is 11.3 Å². The van der Waals surface area contributed by atoms with Crippen LogP contribution in [0.3, 0.4) is 0 Å². The highest BCUT2D eigenvalue weighted by Gasteiger charge is 2.46. The molecule has 1 aliphatic carbocycles. The van der Waals surface area contributed by atoms with Gasteiger partial charge in [-0.1, -0.05) is 6.92 Å². The highest BCUT2D eigenvalue weighted by atomic mass is 16.5. The van der Waals surface area contributed by atoms with Crippen LogP contribution in [0.2, 0.25) is 0 Å². The van der Waals surface area contributed by atoms with Gasteiger partial charge in [-0.25, -0.2) is 4.98 Å². The highest BCUT2D eigenvalue weighted by Crippen LogP contribution is 2.48.